The van der Waals surface area contributed by atoms with Gasteiger partial charge in [-0.05, 0) is 0 Å². The van der Waals surface area contributed by atoms with Crippen molar-refractivity contribution in [2.45, 2.75) is 0 Å². The predicted octanol–water partition coefficient (Wildman–Crippen LogP) is -0.243. The summed E-state index contributed by atoms with van der Waals surface area (Å²) in [5.74, 6) is 0. The van der Waals surface area contributed by atoms with Crippen LogP contribution in [-0.2, 0) is 56.3 Å². The van der Waals surface area contributed by atoms with Crippen molar-refractivity contribution in [2.24, 2.45) is 0 Å². The average Bonchev–Trinajstić information content (AvgIpc) is 0. The molecule has 2 nitrogen and oxygen atoms in total. The molecule has 0 rings (SSSR count). The fraction of sp³-hybridized carbons (Fsp3) is 0. The van der Waals surface area contributed by atoms with Gasteiger partial charge in [-0.15, -0.1) is 0 Å². The van der Waals surface area contributed by atoms with Crippen LogP contribution in [0.3, 0.4) is 0 Å². The molecule has 0 saturated carbocycles. The first-order valence-corrected chi connectivity index (χ1v) is 0. The molecular weight excluding hydrogens is 276 g/mol. The van der Waals surface area contributed by atoms with Gasteiger partial charge in [-0.2, -0.15) is 0 Å². The summed E-state index contributed by atoms with van der Waals surface area (Å²) >= 11 is 0. The minimum absolute atomic E-state index is 0. The Labute approximate surface area is 56.1 Å². The van der Waals surface area contributed by atoms with E-state index in [1.165, 1.54) is 0 Å². The van der Waals surface area contributed by atoms with Crippen molar-refractivity contribution in [1.82, 2.24) is 0 Å². The Balaban J connectivity index is 0. The van der Waals surface area contributed by atoms with Gasteiger partial charge in [0.2, 0.25) is 0 Å². The summed E-state index contributed by atoms with van der Waals surface area (Å²) in [6, 6.07) is 0. The van der Waals surface area contributed by atoms with Crippen molar-refractivity contribution < 1.29 is 56.3 Å². The summed E-state index contributed by atoms with van der Waals surface area (Å²) in [6.45, 7) is 0. The second-order valence-electron chi connectivity index (χ2n) is 0. The van der Waals surface area contributed by atoms with Crippen molar-refractivity contribution in [3.63, 3.8) is 0 Å². The summed E-state index contributed by atoms with van der Waals surface area (Å²) in [5.41, 5.74) is 0. The molecular formula is HfO2Zn+2. The first kappa shape index (κ1) is 52.8. The van der Waals surface area contributed by atoms with Crippen LogP contribution < -0.4 is 0 Å². The van der Waals surface area contributed by atoms with E-state index in [1.54, 1.807) is 0 Å². The maximum atomic E-state index is 0. The fourth-order valence-corrected chi connectivity index (χ4v) is 0. The normalized spacial score (nSPS) is 0. The van der Waals surface area contributed by atoms with E-state index in [9.17, 15) is 0 Å². The van der Waals surface area contributed by atoms with Gasteiger partial charge in [-0.3, -0.25) is 0 Å². The molecule has 0 bridgehead atoms. The van der Waals surface area contributed by atoms with Crippen molar-refractivity contribution in [2.75, 3.05) is 0 Å². The Morgan fingerprint density at radius 3 is 0.750 bits per heavy atom. The minimum Gasteiger partial charge on any atom is -2.00 e. The second-order valence-corrected chi connectivity index (χ2v) is 0. The minimum atomic E-state index is 0. The first-order valence-electron chi connectivity index (χ1n) is 0. The Morgan fingerprint density at radius 2 is 0.750 bits per heavy atom. The summed E-state index contributed by atoms with van der Waals surface area (Å²) in [5, 5.41) is 0. The zero-order valence-corrected chi connectivity index (χ0v) is 8.58. The Kier molecular flexibility index (Phi) is 340. The molecule has 0 amide bonds. The Bertz CT molecular complexity index is 6.00. The van der Waals surface area contributed by atoms with E-state index in [0.717, 1.165) is 0 Å². The average molecular weight is 276 g/mol. The van der Waals surface area contributed by atoms with Gasteiger partial charge in [0.25, 0.3) is 0 Å². The molecule has 0 heterocycles. The molecule has 0 radical (unpaired) electrons. The van der Waals surface area contributed by atoms with E-state index in [-0.39, 0.29) is 56.3 Å². The van der Waals surface area contributed by atoms with Gasteiger partial charge in [0, 0.05) is 0 Å². The molecule has 0 N–H and O–H groups in total. The van der Waals surface area contributed by atoms with E-state index >= 15 is 0 Å². The third-order valence-electron chi connectivity index (χ3n) is 0. The van der Waals surface area contributed by atoms with Gasteiger partial charge in [0.05, 0.1) is 0 Å². The Morgan fingerprint density at radius 1 is 0.750 bits per heavy atom. The van der Waals surface area contributed by atoms with Crippen molar-refractivity contribution in [3.05, 3.63) is 0 Å². The smallest absolute Gasteiger partial charge is 2.00 e. The number of hydrogen-bond donors (Lipinski definition) is 0. The number of hydrogen-bond acceptors (Lipinski definition) is 0. The molecule has 4 heteroatoms. The number of rotatable bonds is 0. The molecule has 0 aromatic rings. The third-order valence-corrected chi connectivity index (χ3v) is 0. The summed E-state index contributed by atoms with van der Waals surface area (Å²) in [4.78, 5) is 0. The molecule has 0 saturated heterocycles. The molecule has 0 atom stereocenters. The van der Waals surface area contributed by atoms with Gasteiger partial charge in [-0.25, -0.2) is 0 Å². The third kappa shape index (κ3) is 9.95. The molecule has 0 aromatic heterocycles. The molecule has 0 aliphatic rings. The topological polar surface area (TPSA) is 57.0 Å². The molecule has 0 unspecified atom stereocenters. The zero-order valence-electron chi connectivity index (χ0n) is 2.02. The van der Waals surface area contributed by atoms with Gasteiger partial charge >= 0.3 is 45.3 Å². The first-order chi connectivity index (χ1) is 0. The summed E-state index contributed by atoms with van der Waals surface area (Å²) in [7, 11) is 0. The van der Waals surface area contributed by atoms with Crippen LogP contribution in [0.4, 0.5) is 0 Å². The van der Waals surface area contributed by atoms with E-state index in [2.05, 4.69) is 0 Å². The van der Waals surface area contributed by atoms with Gasteiger partial charge < -0.3 is 11.0 Å². The van der Waals surface area contributed by atoms with Crippen LogP contribution in [0.1, 0.15) is 0 Å². The van der Waals surface area contributed by atoms with Gasteiger partial charge in [0.15, 0.2) is 0 Å². The van der Waals surface area contributed by atoms with Crippen LogP contribution in [0.5, 0.6) is 0 Å². The summed E-state index contributed by atoms with van der Waals surface area (Å²) < 4.78 is 0. The Hall–Kier alpha value is 1.41. The molecule has 0 aliphatic carbocycles. The van der Waals surface area contributed by atoms with Crippen LogP contribution in [0, 0.1) is 0 Å². The molecule has 0 fully saturated rings. The quantitative estimate of drug-likeness (QED) is 0.548. The molecule has 4 heavy (non-hydrogen) atoms. The van der Waals surface area contributed by atoms with E-state index in [4.69, 9.17) is 0 Å². The molecule has 0 aromatic carbocycles. The van der Waals surface area contributed by atoms with Crippen molar-refractivity contribution in [1.29, 1.82) is 0 Å². The van der Waals surface area contributed by atoms with Crippen LogP contribution in [0.25, 0.3) is 0 Å². The monoisotopic (exact) mass is 276 g/mol. The standard InChI is InChI=1S/Hf.2O.Zn/q+4;2*-2;+2. The maximum absolute atomic E-state index is 0. The molecule has 16 valence electrons. The van der Waals surface area contributed by atoms with Crippen LogP contribution in [0.2, 0.25) is 0 Å². The van der Waals surface area contributed by atoms with E-state index < -0.39 is 0 Å². The fourth-order valence-electron chi connectivity index (χ4n) is 0. The largest absolute Gasteiger partial charge is 4.00 e. The van der Waals surface area contributed by atoms with Crippen LogP contribution in [0.15, 0.2) is 0 Å². The van der Waals surface area contributed by atoms with Crippen molar-refractivity contribution >= 4 is 0 Å². The summed E-state index contributed by atoms with van der Waals surface area (Å²) in [6.07, 6.45) is 0. The SMILES string of the molecule is [Hf+4].[O-2].[O-2].[Zn+2]. The molecule has 0 aliphatic heterocycles. The van der Waals surface area contributed by atoms with Crippen LogP contribution >= 0.6 is 0 Å². The second kappa shape index (κ2) is 25.7. The van der Waals surface area contributed by atoms with E-state index in [0.29, 0.717) is 0 Å². The predicted molar refractivity (Wildman–Crippen MR) is 1.37 cm³/mol. The van der Waals surface area contributed by atoms with Gasteiger partial charge in [0.1, 0.15) is 0 Å². The zero-order chi connectivity index (χ0) is 0. The maximum Gasteiger partial charge on any atom is 4.00 e. The van der Waals surface area contributed by atoms with Crippen LogP contribution in [-0.4, -0.2) is 0 Å². The van der Waals surface area contributed by atoms with E-state index in [1.807, 2.05) is 0 Å². The molecule has 0 spiro atoms. The van der Waals surface area contributed by atoms with Gasteiger partial charge in [-0.1, -0.05) is 0 Å². The van der Waals surface area contributed by atoms with Crippen molar-refractivity contribution in [3.8, 4) is 0 Å².